The zero-order valence-corrected chi connectivity index (χ0v) is 13.3. The third kappa shape index (κ3) is 3.66. The molecule has 1 aromatic heterocycles. The molecule has 0 atom stereocenters. The lowest BCUT2D eigenvalue weighted by Crippen LogP contribution is -2.45. The summed E-state index contributed by atoms with van der Waals surface area (Å²) in [6.07, 6.45) is 0. The molecule has 0 unspecified atom stereocenters. The summed E-state index contributed by atoms with van der Waals surface area (Å²) in [6.45, 7) is 6.87. The van der Waals surface area contributed by atoms with Crippen molar-refractivity contribution in [2.24, 2.45) is 0 Å². The lowest BCUT2D eigenvalue weighted by molar-refractivity contribution is 0.113. The average molecular weight is 324 g/mol. The van der Waals surface area contributed by atoms with Crippen molar-refractivity contribution >= 4 is 11.6 Å². The van der Waals surface area contributed by atoms with Crippen molar-refractivity contribution in [3.05, 3.63) is 52.1 Å². The molecule has 2 heterocycles. The molecule has 0 saturated carbocycles. The second-order valence-electron chi connectivity index (χ2n) is 5.69. The second-order valence-corrected chi connectivity index (χ2v) is 6.09. The zero-order valence-electron chi connectivity index (χ0n) is 12.6. The van der Waals surface area contributed by atoms with Crippen LogP contribution in [0.25, 0.3) is 0 Å². The molecule has 0 N–H and O–H groups in total. The van der Waals surface area contributed by atoms with Crippen LogP contribution in [0.1, 0.15) is 17.0 Å². The zero-order chi connectivity index (χ0) is 15.5. The van der Waals surface area contributed by atoms with E-state index >= 15 is 0 Å². The molecule has 4 nitrogen and oxygen atoms in total. The SMILES string of the molecule is Cc1cc(CN2CCN(Cc3c(F)cccc3Cl)CC2)on1. The van der Waals surface area contributed by atoms with Gasteiger partial charge in [-0.1, -0.05) is 22.8 Å². The average Bonchev–Trinajstić information content (AvgIpc) is 2.90. The van der Waals surface area contributed by atoms with E-state index in [1.165, 1.54) is 6.07 Å². The van der Waals surface area contributed by atoms with E-state index in [0.717, 1.165) is 44.2 Å². The number of rotatable bonds is 4. The first-order valence-corrected chi connectivity index (χ1v) is 7.79. The first-order chi connectivity index (χ1) is 10.6. The number of halogens is 2. The number of aryl methyl sites for hydroxylation is 1. The van der Waals surface area contributed by atoms with E-state index < -0.39 is 0 Å². The van der Waals surface area contributed by atoms with Crippen molar-refractivity contribution in [1.29, 1.82) is 0 Å². The molecule has 1 aliphatic rings. The Hall–Kier alpha value is -1.43. The van der Waals surface area contributed by atoms with Crippen LogP contribution in [-0.2, 0) is 13.1 Å². The van der Waals surface area contributed by atoms with E-state index in [2.05, 4.69) is 15.0 Å². The van der Waals surface area contributed by atoms with Crippen molar-refractivity contribution in [1.82, 2.24) is 15.0 Å². The van der Waals surface area contributed by atoms with Crippen LogP contribution in [-0.4, -0.2) is 41.1 Å². The predicted octanol–water partition coefficient (Wildman–Crippen LogP) is 3.09. The molecule has 1 aliphatic heterocycles. The number of hydrogen-bond donors (Lipinski definition) is 0. The fraction of sp³-hybridized carbons (Fsp3) is 0.438. The predicted molar refractivity (Wildman–Crippen MR) is 83.2 cm³/mol. The van der Waals surface area contributed by atoms with Gasteiger partial charge in [-0.15, -0.1) is 0 Å². The van der Waals surface area contributed by atoms with Gasteiger partial charge in [0.25, 0.3) is 0 Å². The Kier molecular flexibility index (Phi) is 4.76. The smallest absolute Gasteiger partial charge is 0.150 e. The Morgan fingerprint density at radius 3 is 2.45 bits per heavy atom. The minimum absolute atomic E-state index is 0.230. The van der Waals surface area contributed by atoms with Crippen molar-refractivity contribution < 1.29 is 8.91 Å². The fourth-order valence-electron chi connectivity index (χ4n) is 2.72. The van der Waals surface area contributed by atoms with Crippen LogP contribution in [0.3, 0.4) is 0 Å². The molecule has 2 aromatic rings. The van der Waals surface area contributed by atoms with Gasteiger partial charge in [-0.05, 0) is 19.1 Å². The Balaban J connectivity index is 1.53. The van der Waals surface area contributed by atoms with E-state index in [0.29, 0.717) is 17.1 Å². The number of nitrogens with zero attached hydrogens (tertiary/aromatic N) is 3. The van der Waals surface area contributed by atoms with Crippen molar-refractivity contribution in [2.45, 2.75) is 20.0 Å². The van der Waals surface area contributed by atoms with Gasteiger partial charge in [0.1, 0.15) is 5.82 Å². The normalized spacial score (nSPS) is 17.0. The largest absolute Gasteiger partial charge is 0.360 e. The molecule has 22 heavy (non-hydrogen) atoms. The van der Waals surface area contributed by atoms with Gasteiger partial charge < -0.3 is 4.52 Å². The quantitative estimate of drug-likeness (QED) is 0.865. The first kappa shape index (κ1) is 15.5. The van der Waals surface area contributed by atoms with E-state index in [-0.39, 0.29) is 5.82 Å². The Bertz CT molecular complexity index is 618. The van der Waals surface area contributed by atoms with Crippen molar-refractivity contribution in [2.75, 3.05) is 26.2 Å². The van der Waals surface area contributed by atoms with Gasteiger partial charge in [-0.2, -0.15) is 0 Å². The number of benzene rings is 1. The highest BCUT2D eigenvalue weighted by atomic mass is 35.5. The molecule has 3 rings (SSSR count). The van der Waals surface area contributed by atoms with E-state index in [1.54, 1.807) is 12.1 Å². The van der Waals surface area contributed by atoms with Gasteiger partial charge >= 0.3 is 0 Å². The Morgan fingerprint density at radius 1 is 1.18 bits per heavy atom. The molecular formula is C16H19ClFN3O. The van der Waals surface area contributed by atoms with Crippen LogP contribution in [0.4, 0.5) is 4.39 Å². The van der Waals surface area contributed by atoms with E-state index in [1.807, 2.05) is 13.0 Å². The summed E-state index contributed by atoms with van der Waals surface area (Å²) in [7, 11) is 0. The highest BCUT2D eigenvalue weighted by Crippen LogP contribution is 2.21. The van der Waals surface area contributed by atoms with Gasteiger partial charge in [0.15, 0.2) is 5.76 Å². The van der Waals surface area contributed by atoms with Gasteiger partial charge in [-0.3, -0.25) is 9.80 Å². The first-order valence-electron chi connectivity index (χ1n) is 7.41. The summed E-state index contributed by atoms with van der Waals surface area (Å²) in [6, 6.07) is 6.80. The van der Waals surface area contributed by atoms with Crippen LogP contribution in [0, 0.1) is 12.7 Å². The minimum atomic E-state index is -0.230. The topological polar surface area (TPSA) is 32.5 Å². The highest BCUT2D eigenvalue weighted by Gasteiger charge is 2.20. The molecule has 0 amide bonds. The van der Waals surface area contributed by atoms with Gasteiger partial charge in [0, 0.05) is 49.4 Å². The van der Waals surface area contributed by atoms with Crippen molar-refractivity contribution in [3.63, 3.8) is 0 Å². The van der Waals surface area contributed by atoms with Crippen molar-refractivity contribution in [3.8, 4) is 0 Å². The third-order valence-corrected chi connectivity index (χ3v) is 4.32. The summed E-state index contributed by atoms with van der Waals surface area (Å²) >= 11 is 6.09. The summed E-state index contributed by atoms with van der Waals surface area (Å²) < 4.78 is 19.1. The summed E-state index contributed by atoms with van der Waals surface area (Å²) in [5, 5.41) is 4.40. The molecular weight excluding hydrogens is 305 g/mol. The molecule has 1 fully saturated rings. The maximum atomic E-state index is 13.8. The van der Waals surface area contributed by atoms with Crippen LogP contribution >= 0.6 is 11.6 Å². The molecule has 1 aromatic carbocycles. The lowest BCUT2D eigenvalue weighted by Gasteiger charge is -2.34. The lowest BCUT2D eigenvalue weighted by atomic mass is 10.2. The molecule has 0 bridgehead atoms. The van der Waals surface area contributed by atoms with Crippen LogP contribution in [0.15, 0.2) is 28.8 Å². The third-order valence-electron chi connectivity index (χ3n) is 3.96. The highest BCUT2D eigenvalue weighted by molar-refractivity contribution is 6.31. The molecule has 6 heteroatoms. The number of hydrogen-bond acceptors (Lipinski definition) is 4. The monoisotopic (exact) mass is 323 g/mol. The Labute approximate surface area is 134 Å². The molecule has 0 aliphatic carbocycles. The molecule has 1 saturated heterocycles. The number of piperazine rings is 1. The maximum Gasteiger partial charge on any atom is 0.150 e. The molecule has 0 radical (unpaired) electrons. The summed E-state index contributed by atoms with van der Waals surface area (Å²) in [5.41, 5.74) is 1.49. The van der Waals surface area contributed by atoms with Crippen LogP contribution < -0.4 is 0 Å². The van der Waals surface area contributed by atoms with E-state index in [9.17, 15) is 4.39 Å². The van der Waals surface area contributed by atoms with E-state index in [4.69, 9.17) is 16.1 Å². The van der Waals surface area contributed by atoms with Gasteiger partial charge in [-0.25, -0.2) is 4.39 Å². The maximum absolute atomic E-state index is 13.8. The molecule has 118 valence electrons. The summed E-state index contributed by atoms with van der Waals surface area (Å²) in [4.78, 5) is 4.55. The van der Waals surface area contributed by atoms with Crippen LogP contribution in [0.5, 0.6) is 0 Å². The van der Waals surface area contributed by atoms with Gasteiger partial charge in [0.2, 0.25) is 0 Å². The molecule has 0 spiro atoms. The second kappa shape index (κ2) is 6.77. The van der Waals surface area contributed by atoms with Gasteiger partial charge in [0.05, 0.1) is 12.2 Å². The standard InChI is InChI=1S/C16H19ClFN3O/c1-12-9-13(22-19-12)10-20-5-7-21(8-6-20)11-14-15(17)3-2-4-16(14)18/h2-4,9H,5-8,10-11H2,1H3. The van der Waals surface area contributed by atoms with Crippen LogP contribution in [0.2, 0.25) is 5.02 Å². The fourth-order valence-corrected chi connectivity index (χ4v) is 2.95. The minimum Gasteiger partial charge on any atom is -0.360 e. The Morgan fingerprint density at radius 2 is 1.86 bits per heavy atom. The number of aromatic nitrogens is 1. The summed E-state index contributed by atoms with van der Waals surface area (Å²) in [5.74, 6) is 0.662.